The zero-order valence-electron chi connectivity index (χ0n) is 24.6. The summed E-state index contributed by atoms with van der Waals surface area (Å²) in [5.41, 5.74) is 22.3. The minimum absolute atomic E-state index is 0.250. The zero-order valence-corrected chi connectivity index (χ0v) is 24.6. The number of fused-ring (bicyclic) bond motifs is 3. The summed E-state index contributed by atoms with van der Waals surface area (Å²) < 4.78 is 0. The van der Waals surface area contributed by atoms with Crippen molar-refractivity contribution in [3.8, 4) is 11.3 Å². The number of nitrogens with zero attached hydrogens (tertiary/aromatic N) is 4. The maximum absolute atomic E-state index is 9.99. The Morgan fingerprint density at radius 3 is 1.92 bits per heavy atom. The van der Waals surface area contributed by atoms with Gasteiger partial charge in [-0.05, 0) is 113 Å². The largest absolute Gasteiger partial charge is 0.387 e. The molecule has 7 nitrogen and oxygen atoms in total. The predicted molar refractivity (Wildman–Crippen MR) is 159 cm³/mol. The summed E-state index contributed by atoms with van der Waals surface area (Å²) in [6.45, 7) is 21.2. The van der Waals surface area contributed by atoms with Crippen molar-refractivity contribution in [3.63, 3.8) is 0 Å². The van der Waals surface area contributed by atoms with Crippen molar-refractivity contribution < 1.29 is 4.79 Å². The molecule has 0 saturated heterocycles. The molecule has 0 saturated carbocycles. The first-order valence-corrected chi connectivity index (χ1v) is 12.9. The molecule has 1 amide bonds. The highest BCUT2D eigenvalue weighted by Gasteiger charge is 2.27. The van der Waals surface area contributed by atoms with Gasteiger partial charge in [-0.25, -0.2) is 15.0 Å². The number of aliphatic imine (C=N–C) groups is 2. The fourth-order valence-corrected chi connectivity index (χ4v) is 5.00. The van der Waals surface area contributed by atoms with Crippen LogP contribution in [0.25, 0.3) is 11.3 Å². The van der Waals surface area contributed by atoms with E-state index >= 15 is 0 Å². The predicted octanol–water partition coefficient (Wildman–Crippen LogP) is 5.91. The summed E-state index contributed by atoms with van der Waals surface area (Å²) in [6.07, 6.45) is 1.92. The van der Waals surface area contributed by atoms with Crippen LogP contribution in [0.1, 0.15) is 75.0 Å². The van der Waals surface area contributed by atoms with E-state index in [1.807, 2.05) is 13.2 Å². The Bertz CT molecular complexity index is 1460. The van der Waals surface area contributed by atoms with Gasteiger partial charge in [0, 0.05) is 42.4 Å². The molecule has 0 unspecified atom stereocenters. The minimum atomic E-state index is -0.250. The molecule has 0 aliphatic carbocycles. The SMILES string of the molecule is CC(=O)N=C(C)N.CNc1ncc2c(n1)-c1c(cc(C)c(C)c1C)C(c1c(C)c(C)c(C)c(C)c1C)=NC2. The Balaban J connectivity index is 0.000000505. The number of aryl methyl sites for hydroxylation is 1. The molecule has 1 aliphatic heterocycles. The zero-order chi connectivity index (χ0) is 28.5. The topological polar surface area (TPSA) is 106 Å². The summed E-state index contributed by atoms with van der Waals surface area (Å²) in [5, 5.41) is 3.10. The lowest BCUT2D eigenvalue weighted by Gasteiger charge is -2.22. The molecule has 3 N–H and O–H groups in total. The van der Waals surface area contributed by atoms with Crippen LogP contribution in [0.4, 0.5) is 5.95 Å². The Labute approximate surface area is 226 Å². The standard InChI is InChI=1S/C27H32N4.C4H8N2O/c1-13-10-22-24(18(6)14(13)2)25-21(12-30-27(28-9)31-25)11-29-26(22)23-19(7)16(4)15(3)17(5)20(23)8;1-3(5)6-4(2)7/h10,12H,11H2,1-9H3,(H,28,30,31);1-2H3,(H2,5,6,7). The fraction of sp³-hybridized carbons (Fsp3) is 0.387. The molecule has 0 bridgehead atoms. The number of amidine groups is 1. The Kier molecular flexibility index (Phi) is 8.50. The lowest BCUT2D eigenvalue weighted by Crippen LogP contribution is -2.14. The number of anilines is 1. The van der Waals surface area contributed by atoms with Crippen LogP contribution in [-0.4, -0.2) is 34.5 Å². The Hall–Kier alpha value is -3.87. The van der Waals surface area contributed by atoms with Crippen molar-refractivity contribution in [1.82, 2.24) is 9.97 Å². The van der Waals surface area contributed by atoms with E-state index in [-0.39, 0.29) is 5.91 Å². The molecule has 3 aromatic rings. The maximum atomic E-state index is 9.99. The van der Waals surface area contributed by atoms with Crippen LogP contribution in [0.2, 0.25) is 0 Å². The Morgan fingerprint density at radius 1 is 0.868 bits per heavy atom. The molecular formula is C31H40N6O. The normalized spacial score (nSPS) is 12.5. The third-order valence-corrected chi connectivity index (χ3v) is 7.72. The van der Waals surface area contributed by atoms with E-state index in [0.717, 1.165) is 17.0 Å². The van der Waals surface area contributed by atoms with Gasteiger partial charge in [-0.2, -0.15) is 0 Å². The average Bonchev–Trinajstić information content (AvgIpc) is 3.01. The van der Waals surface area contributed by atoms with E-state index in [0.29, 0.717) is 18.3 Å². The third kappa shape index (κ3) is 5.37. The van der Waals surface area contributed by atoms with Gasteiger partial charge in [-0.3, -0.25) is 9.79 Å². The Morgan fingerprint density at radius 2 is 1.42 bits per heavy atom. The molecule has 2 aromatic carbocycles. The van der Waals surface area contributed by atoms with Gasteiger partial charge in [-0.15, -0.1) is 0 Å². The van der Waals surface area contributed by atoms with Crippen molar-refractivity contribution in [1.29, 1.82) is 0 Å². The third-order valence-electron chi connectivity index (χ3n) is 7.72. The summed E-state index contributed by atoms with van der Waals surface area (Å²) >= 11 is 0. The first-order valence-electron chi connectivity index (χ1n) is 12.9. The first-order chi connectivity index (χ1) is 17.8. The van der Waals surface area contributed by atoms with Crippen LogP contribution in [0.5, 0.6) is 0 Å². The number of nitrogens with one attached hydrogen (secondary N) is 1. The summed E-state index contributed by atoms with van der Waals surface area (Å²) in [7, 11) is 1.86. The number of nitrogens with two attached hydrogens (primary N) is 1. The monoisotopic (exact) mass is 512 g/mol. The second-order valence-corrected chi connectivity index (χ2v) is 10.1. The van der Waals surface area contributed by atoms with Crippen LogP contribution in [0.3, 0.4) is 0 Å². The van der Waals surface area contributed by atoms with Gasteiger partial charge in [0.05, 0.1) is 23.8 Å². The summed E-state index contributed by atoms with van der Waals surface area (Å²) in [6, 6.07) is 2.30. The van der Waals surface area contributed by atoms with Gasteiger partial charge in [-0.1, -0.05) is 0 Å². The molecule has 2 heterocycles. The van der Waals surface area contributed by atoms with E-state index in [9.17, 15) is 4.79 Å². The van der Waals surface area contributed by atoms with Gasteiger partial charge in [0.25, 0.3) is 0 Å². The van der Waals surface area contributed by atoms with Gasteiger partial charge >= 0.3 is 0 Å². The lowest BCUT2D eigenvalue weighted by molar-refractivity contribution is -0.115. The van der Waals surface area contributed by atoms with Crippen LogP contribution in [0, 0.1) is 55.4 Å². The van der Waals surface area contributed by atoms with Gasteiger partial charge in [0.1, 0.15) is 0 Å². The van der Waals surface area contributed by atoms with E-state index in [2.05, 4.69) is 76.7 Å². The number of benzene rings is 2. The highest BCUT2D eigenvalue weighted by molar-refractivity contribution is 6.19. The molecule has 7 heteroatoms. The molecular weight excluding hydrogens is 472 g/mol. The average molecular weight is 513 g/mol. The molecule has 0 fully saturated rings. The molecule has 0 radical (unpaired) electrons. The first kappa shape index (κ1) is 28.7. The van der Waals surface area contributed by atoms with Gasteiger partial charge < -0.3 is 11.1 Å². The summed E-state index contributed by atoms with van der Waals surface area (Å²) in [4.78, 5) is 27.9. The number of carbonyl (C=O) groups excluding carboxylic acids is 1. The maximum Gasteiger partial charge on any atom is 0.244 e. The van der Waals surface area contributed by atoms with Crippen molar-refractivity contribution in [2.75, 3.05) is 12.4 Å². The van der Waals surface area contributed by atoms with E-state index in [4.69, 9.17) is 15.7 Å². The van der Waals surface area contributed by atoms with Crippen LogP contribution < -0.4 is 11.1 Å². The number of rotatable bonds is 2. The lowest BCUT2D eigenvalue weighted by atomic mass is 9.82. The number of hydrogen-bond acceptors (Lipinski definition) is 5. The molecule has 38 heavy (non-hydrogen) atoms. The van der Waals surface area contributed by atoms with Crippen LogP contribution in [-0.2, 0) is 11.3 Å². The minimum Gasteiger partial charge on any atom is -0.387 e. The van der Waals surface area contributed by atoms with Crippen molar-refractivity contribution in [2.24, 2.45) is 15.7 Å². The summed E-state index contributed by atoms with van der Waals surface area (Å²) in [5.74, 6) is 0.702. The van der Waals surface area contributed by atoms with Gasteiger partial charge in [0.2, 0.25) is 11.9 Å². The van der Waals surface area contributed by atoms with E-state index < -0.39 is 0 Å². The number of aromatic nitrogens is 2. The smallest absolute Gasteiger partial charge is 0.244 e. The molecule has 1 aliphatic rings. The molecule has 1 aromatic heterocycles. The molecule has 0 atom stereocenters. The van der Waals surface area contributed by atoms with Crippen LogP contribution >= 0.6 is 0 Å². The number of hydrogen-bond donors (Lipinski definition) is 2. The highest BCUT2D eigenvalue weighted by atomic mass is 16.1. The fourth-order valence-electron chi connectivity index (χ4n) is 5.00. The number of amides is 1. The molecule has 0 spiro atoms. The van der Waals surface area contributed by atoms with E-state index in [1.165, 1.54) is 68.1 Å². The quantitative estimate of drug-likeness (QED) is 0.328. The second kappa shape index (κ2) is 11.3. The van der Waals surface area contributed by atoms with Crippen LogP contribution in [0.15, 0.2) is 22.2 Å². The van der Waals surface area contributed by atoms with Crippen molar-refractivity contribution in [3.05, 3.63) is 73.5 Å². The molecule has 200 valence electrons. The van der Waals surface area contributed by atoms with Crippen molar-refractivity contribution in [2.45, 2.75) is 75.8 Å². The molecule has 4 rings (SSSR count). The van der Waals surface area contributed by atoms with Gasteiger partial charge in [0.15, 0.2) is 0 Å². The highest BCUT2D eigenvalue weighted by Crippen LogP contribution is 2.39. The second-order valence-electron chi connectivity index (χ2n) is 10.1. The van der Waals surface area contributed by atoms with E-state index in [1.54, 1.807) is 6.92 Å². The van der Waals surface area contributed by atoms with Crippen molar-refractivity contribution >= 4 is 23.4 Å². The number of carbonyl (C=O) groups is 1.